The fourth-order valence-corrected chi connectivity index (χ4v) is 2.58. The van der Waals surface area contributed by atoms with E-state index in [1.54, 1.807) is 30.7 Å². The summed E-state index contributed by atoms with van der Waals surface area (Å²) in [5.74, 6) is 1.13. The molecule has 0 aromatic carbocycles. The minimum absolute atomic E-state index is 0.558. The van der Waals surface area contributed by atoms with Gasteiger partial charge in [-0.15, -0.1) is 11.3 Å². The van der Waals surface area contributed by atoms with E-state index in [-0.39, 0.29) is 0 Å². The molecule has 0 saturated heterocycles. The summed E-state index contributed by atoms with van der Waals surface area (Å²) in [6.45, 7) is 0.700. The number of hydrogen-bond donors (Lipinski definition) is 1. The van der Waals surface area contributed by atoms with Crippen LogP contribution in [0, 0.1) is 0 Å². The molecule has 0 aliphatic heterocycles. The number of aromatic nitrogens is 2. The normalized spacial score (nSPS) is 10.1. The third-order valence-corrected chi connectivity index (χ3v) is 3.86. The topological polar surface area (TPSA) is 47.0 Å². The molecule has 2 rings (SSSR count). The molecule has 0 amide bonds. The number of methoxy groups -OCH3 is 1. The summed E-state index contributed by atoms with van der Waals surface area (Å²) in [6.07, 6.45) is 1.66. The Morgan fingerprint density at radius 1 is 1.50 bits per heavy atom. The van der Waals surface area contributed by atoms with E-state index < -0.39 is 0 Å². The molecule has 0 radical (unpaired) electrons. The molecule has 2 heterocycles. The van der Waals surface area contributed by atoms with Crippen molar-refractivity contribution in [3.8, 4) is 5.88 Å². The van der Waals surface area contributed by atoms with Gasteiger partial charge in [-0.1, -0.05) is 0 Å². The number of nitrogens with zero attached hydrogens (tertiary/aromatic N) is 2. The predicted molar refractivity (Wildman–Crippen MR) is 67.9 cm³/mol. The summed E-state index contributed by atoms with van der Waals surface area (Å²) < 4.78 is 6.12. The lowest BCUT2D eigenvalue weighted by atomic mass is 10.5. The number of rotatable bonds is 4. The lowest BCUT2D eigenvalue weighted by Gasteiger charge is -2.04. The van der Waals surface area contributed by atoms with Gasteiger partial charge in [0.25, 0.3) is 0 Å². The Balaban J connectivity index is 2.02. The number of ether oxygens (including phenoxy) is 1. The number of anilines is 1. The standard InChI is InChI=1S/C10H10BrN3OS/c1-15-9-2-4-12-10(14-9)13-6-8-7(11)3-5-16-8/h2-5H,6H2,1H3,(H,12,13,14). The second-order valence-electron chi connectivity index (χ2n) is 2.97. The molecule has 0 aliphatic carbocycles. The molecule has 0 aliphatic rings. The van der Waals surface area contributed by atoms with Crippen LogP contribution in [0.2, 0.25) is 0 Å². The summed E-state index contributed by atoms with van der Waals surface area (Å²) in [7, 11) is 1.59. The Hall–Kier alpha value is -1.14. The van der Waals surface area contributed by atoms with Crippen LogP contribution in [-0.2, 0) is 6.54 Å². The molecule has 0 saturated carbocycles. The zero-order valence-corrected chi connectivity index (χ0v) is 11.0. The Labute approximate surface area is 106 Å². The average molecular weight is 300 g/mol. The monoisotopic (exact) mass is 299 g/mol. The summed E-state index contributed by atoms with van der Waals surface area (Å²) in [6, 6.07) is 3.74. The second-order valence-corrected chi connectivity index (χ2v) is 4.82. The van der Waals surface area contributed by atoms with Crippen molar-refractivity contribution in [1.82, 2.24) is 9.97 Å². The molecule has 2 aromatic heterocycles. The maximum Gasteiger partial charge on any atom is 0.226 e. The fourth-order valence-electron chi connectivity index (χ4n) is 1.15. The van der Waals surface area contributed by atoms with Gasteiger partial charge in [0.05, 0.1) is 13.7 Å². The van der Waals surface area contributed by atoms with Crippen molar-refractivity contribution < 1.29 is 4.74 Å². The first-order valence-corrected chi connectivity index (χ1v) is 6.29. The lowest BCUT2D eigenvalue weighted by Crippen LogP contribution is -2.03. The predicted octanol–water partition coefficient (Wildman–Crippen LogP) is 2.92. The Morgan fingerprint density at radius 3 is 3.06 bits per heavy atom. The van der Waals surface area contributed by atoms with Crippen molar-refractivity contribution in [1.29, 1.82) is 0 Å². The van der Waals surface area contributed by atoms with Gasteiger partial charge in [-0.05, 0) is 27.4 Å². The SMILES string of the molecule is COc1ccnc(NCc2sccc2Br)n1. The molecule has 0 spiro atoms. The van der Waals surface area contributed by atoms with Gasteiger partial charge in [0, 0.05) is 21.6 Å². The van der Waals surface area contributed by atoms with E-state index in [4.69, 9.17) is 4.74 Å². The first kappa shape index (κ1) is 11.3. The van der Waals surface area contributed by atoms with Crippen LogP contribution in [0.5, 0.6) is 5.88 Å². The second kappa shape index (κ2) is 5.27. The van der Waals surface area contributed by atoms with E-state index in [2.05, 4.69) is 31.2 Å². The quantitative estimate of drug-likeness (QED) is 0.943. The Morgan fingerprint density at radius 2 is 2.38 bits per heavy atom. The Kier molecular flexibility index (Phi) is 3.74. The number of nitrogens with one attached hydrogen (secondary N) is 1. The van der Waals surface area contributed by atoms with Gasteiger partial charge in [-0.3, -0.25) is 0 Å². The highest BCUT2D eigenvalue weighted by atomic mass is 79.9. The van der Waals surface area contributed by atoms with Crippen molar-refractivity contribution >= 4 is 33.2 Å². The first-order chi connectivity index (χ1) is 7.79. The average Bonchev–Trinajstić information content (AvgIpc) is 2.72. The third-order valence-electron chi connectivity index (χ3n) is 1.94. The van der Waals surface area contributed by atoms with Crippen LogP contribution in [0.25, 0.3) is 0 Å². The minimum Gasteiger partial charge on any atom is -0.481 e. The molecule has 1 N–H and O–H groups in total. The highest BCUT2D eigenvalue weighted by Gasteiger charge is 2.02. The van der Waals surface area contributed by atoms with E-state index in [9.17, 15) is 0 Å². The smallest absolute Gasteiger partial charge is 0.226 e. The van der Waals surface area contributed by atoms with Crippen molar-refractivity contribution in [3.63, 3.8) is 0 Å². The van der Waals surface area contributed by atoms with E-state index in [0.29, 0.717) is 18.4 Å². The van der Waals surface area contributed by atoms with Crippen LogP contribution < -0.4 is 10.1 Å². The first-order valence-electron chi connectivity index (χ1n) is 4.62. The van der Waals surface area contributed by atoms with Gasteiger partial charge in [0.1, 0.15) is 0 Å². The van der Waals surface area contributed by atoms with Gasteiger partial charge in [0.2, 0.25) is 11.8 Å². The number of halogens is 1. The Bertz CT molecular complexity index is 475. The van der Waals surface area contributed by atoms with Crippen molar-refractivity contribution in [3.05, 3.63) is 33.1 Å². The number of hydrogen-bond acceptors (Lipinski definition) is 5. The third kappa shape index (κ3) is 2.70. The molecule has 84 valence electrons. The molecule has 0 unspecified atom stereocenters. The molecule has 0 bridgehead atoms. The van der Waals surface area contributed by atoms with E-state index in [0.717, 1.165) is 4.47 Å². The molecule has 0 fully saturated rings. The summed E-state index contributed by atoms with van der Waals surface area (Å²) >= 11 is 5.16. The van der Waals surface area contributed by atoms with Crippen molar-refractivity contribution in [2.45, 2.75) is 6.54 Å². The zero-order chi connectivity index (χ0) is 11.4. The van der Waals surface area contributed by atoms with Crippen LogP contribution >= 0.6 is 27.3 Å². The van der Waals surface area contributed by atoms with Crippen LogP contribution in [0.15, 0.2) is 28.2 Å². The molecule has 16 heavy (non-hydrogen) atoms. The zero-order valence-electron chi connectivity index (χ0n) is 8.61. The fraction of sp³-hybridized carbons (Fsp3) is 0.200. The van der Waals surface area contributed by atoms with Crippen LogP contribution in [0.1, 0.15) is 4.88 Å². The maximum absolute atomic E-state index is 5.02. The van der Waals surface area contributed by atoms with E-state index >= 15 is 0 Å². The van der Waals surface area contributed by atoms with Crippen LogP contribution in [-0.4, -0.2) is 17.1 Å². The highest BCUT2D eigenvalue weighted by molar-refractivity contribution is 9.10. The van der Waals surface area contributed by atoms with Crippen molar-refractivity contribution in [2.24, 2.45) is 0 Å². The molecular formula is C10H10BrN3OS. The van der Waals surface area contributed by atoms with Crippen LogP contribution in [0.3, 0.4) is 0 Å². The number of thiophene rings is 1. The maximum atomic E-state index is 5.02. The summed E-state index contributed by atoms with van der Waals surface area (Å²) in [4.78, 5) is 9.48. The highest BCUT2D eigenvalue weighted by Crippen LogP contribution is 2.23. The largest absolute Gasteiger partial charge is 0.481 e. The van der Waals surface area contributed by atoms with E-state index in [1.165, 1.54) is 4.88 Å². The molecule has 6 heteroatoms. The van der Waals surface area contributed by atoms with Gasteiger partial charge in [-0.2, -0.15) is 4.98 Å². The molecule has 4 nitrogen and oxygen atoms in total. The van der Waals surface area contributed by atoms with Gasteiger partial charge < -0.3 is 10.1 Å². The molecule has 0 atom stereocenters. The summed E-state index contributed by atoms with van der Waals surface area (Å²) in [5, 5.41) is 5.18. The van der Waals surface area contributed by atoms with Gasteiger partial charge in [0.15, 0.2) is 0 Å². The van der Waals surface area contributed by atoms with Gasteiger partial charge >= 0.3 is 0 Å². The molecular weight excluding hydrogens is 290 g/mol. The minimum atomic E-state index is 0.558. The van der Waals surface area contributed by atoms with Crippen LogP contribution in [0.4, 0.5) is 5.95 Å². The van der Waals surface area contributed by atoms with Crippen molar-refractivity contribution in [2.75, 3.05) is 12.4 Å². The summed E-state index contributed by atoms with van der Waals surface area (Å²) in [5.41, 5.74) is 0. The van der Waals surface area contributed by atoms with Gasteiger partial charge in [-0.25, -0.2) is 4.98 Å². The molecule has 2 aromatic rings. The lowest BCUT2D eigenvalue weighted by molar-refractivity contribution is 0.397. The van der Waals surface area contributed by atoms with E-state index in [1.807, 2.05) is 11.4 Å².